The van der Waals surface area contributed by atoms with E-state index >= 15 is 0 Å². The van der Waals surface area contributed by atoms with E-state index < -0.39 is 11.6 Å². The Morgan fingerprint density at radius 2 is 1.84 bits per heavy atom. The summed E-state index contributed by atoms with van der Waals surface area (Å²) >= 11 is 0. The lowest BCUT2D eigenvalue weighted by molar-refractivity contribution is -0.111. The molecule has 19 heavy (non-hydrogen) atoms. The molecule has 0 N–H and O–H groups in total. The Hall–Kier alpha value is -1.84. The Morgan fingerprint density at radius 1 is 1.26 bits per heavy atom. The van der Waals surface area contributed by atoms with Crippen molar-refractivity contribution in [3.63, 3.8) is 0 Å². The number of ketones is 1. The lowest BCUT2D eigenvalue weighted by Gasteiger charge is -2.01. The third-order valence-electron chi connectivity index (χ3n) is 2.35. The molecule has 0 aliphatic carbocycles. The van der Waals surface area contributed by atoms with Crippen LogP contribution in [-0.4, -0.2) is 18.5 Å². The first-order chi connectivity index (χ1) is 8.77. The third kappa shape index (κ3) is 7.24. The second-order valence-corrected chi connectivity index (χ2v) is 4.23. The number of aliphatic imine (C=N–C) groups is 1. The number of benzene rings is 1. The monoisotopic (exact) mass is 267 g/mol. The SMILES string of the molecule is C=C(C)Cc1ccc(F)cc1F.CN=C(C)C(C)=O. The number of allylic oxidation sites excluding steroid dienone is 1. The third-order valence-corrected chi connectivity index (χ3v) is 2.35. The summed E-state index contributed by atoms with van der Waals surface area (Å²) < 4.78 is 25.4. The summed E-state index contributed by atoms with van der Waals surface area (Å²) in [5.74, 6) is -1.00. The number of hydrogen-bond acceptors (Lipinski definition) is 2. The lowest BCUT2D eigenvalue weighted by atomic mass is 10.1. The summed E-state index contributed by atoms with van der Waals surface area (Å²) in [4.78, 5) is 13.9. The molecule has 0 aliphatic rings. The number of rotatable bonds is 3. The van der Waals surface area contributed by atoms with Gasteiger partial charge in [-0.2, -0.15) is 0 Å². The van der Waals surface area contributed by atoms with Gasteiger partial charge in [-0.05, 0) is 31.9 Å². The quantitative estimate of drug-likeness (QED) is 0.606. The molecular formula is C15H19F2NO. The molecule has 0 atom stereocenters. The smallest absolute Gasteiger partial charge is 0.173 e. The molecule has 0 heterocycles. The van der Waals surface area contributed by atoms with Crippen molar-refractivity contribution < 1.29 is 13.6 Å². The van der Waals surface area contributed by atoms with Gasteiger partial charge in [-0.15, -0.1) is 0 Å². The lowest BCUT2D eigenvalue weighted by Crippen LogP contribution is -2.02. The van der Waals surface area contributed by atoms with E-state index in [4.69, 9.17) is 0 Å². The number of hydrogen-bond donors (Lipinski definition) is 0. The van der Waals surface area contributed by atoms with Gasteiger partial charge in [0.25, 0.3) is 0 Å². The summed E-state index contributed by atoms with van der Waals surface area (Å²) in [6.45, 7) is 8.66. The van der Waals surface area contributed by atoms with Gasteiger partial charge >= 0.3 is 0 Å². The molecule has 2 nitrogen and oxygen atoms in total. The first-order valence-corrected chi connectivity index (χ1v) is 5.80. The molecule has 104 valence electrons. The van der Waals surface area contributed by atoms with Crippen LogP contribution in [0.3, 0.4) is 0 Å². The molecule has 0 bridgehead atoms. The number of carbonyl (C=O) groups is 1. The van der Waals surface area contributed by atoms with Gasteiger partial charge in [0.05, 0.1) is 5.71 Å². The first-order valence-electron chi connectivity index (χ1n) is 5.80. The predicted octanol–water partition coefficient (Wildman–Crippen LogP) is 3.75. The van der Waals surface area contributed by atoms with E-state index in [-0.39, 0.29) is 5.78 Å². The highest BCUT2D eigenvalue weighted by atomic mass is 19.1. The molecule has 0 aliphatic heterocycles. The van der Waals surface area contributed by atoms with Crippen molar-refractivity contribution in [1.29, 1.82) is 0 Å². The number of halogens is 2. The molecule has 0 fully saturated rings. The van der Waals surface area contributed by atoms with Crippen molar-refractivity contribution in [2.75, 3.05) is 7.05 Å². The van der Waals surface area contributed by atoms with Gasteiger partial charge in [0.15, 0.2) is 5.78 Å². The summed E-state index contributed by atoms with van der Waals surface area (Å²) in [5.41, 5.74) is 1.93. The topological polar surface area (TPSA) is 29.4 Å². The first kappa shape index (κ1) is 17.2. The van der Waals surface area contributed by atoms with Crippen LogP contribution in [0.25, 0.3) is 0 Å². The van der Waals surface area contributed by atoms with Crippen LogP contribution in [-0.2, 0) is 11.2 Å². The molecule has 0 aromatic heterocycles. The Labute approximate surface area is 112 Å². The van der Waals surface area contributed by atoms with Crippen molar-refractivity contribution in [1.82, 2.24) is 0 Å². The molecule has 1 aromatic rings. The molecule has 1 aromatic carbocycles. The summed E-state index contributed by atoms with van der Waals surface area (Å²) in [7, 11) is 1.61. The van der Waals surface area contributed by atoms with E-state index in [9.17, 15) is 13.6 Å². The van der Waals surface area contributed by atoms with Gasteiger partial charge in [-0.1, -0.05) is 18.2 Å². The molecule has 0 radical (unpaired) electrons. The van der Waals surface area contributed by atoms with Gasteiger partial charge in [0.2, 0.25) is 0 Å². The normalized spacial score (nSPS) is 10.5. The summed E-state index contributed by atoms with van der Waals surface area (Å²) in [6, 6.07) is 3.58. The van der Waals surface area contributed by atoms with Gasteiger partial charge in [0, 0.05) is 20.0 Å². The zero-order chi connectivity index (χ0) is 15.0. The molecular weight excluding hydrogens is 248 g/mol. The Balaban J connectivity index is 0.000000399. The van der Waals surface area contributed by atoms with Crippen molar-refractivity contribution in [3.8, 4) is 0 Å². The minimum Gasteiger partial charge on any atom is -0.293 e. The van der Waals surface area contributed by atoms with Crippen LogP contribution < -0.4 is 0 Å². The average molecular weight is 267 g/mol. The fourth-order valence-electron chi connectivity index (χ4n) is 1.15. The maximum atomic E-state index is 12.9. The molecule has 0 unspecified atom stereocenters. The molecule has 4 heteroatoms. The van der Waals surface area contributed by atoms with Crippen LogP contribution in [0.2, 0.25) is 0 Å². The van der Waals surface area contributed by atoms with E-state index in [0.29, 0.717) is 17.7 Å². The van der Waals surface area contributed by atoms with E-state index in [1.54, 1.807) is 14.0 Å². The standard InChI is InChI=1S/C10H10F2.C5H9NO/c1-7(2)5-8-3-4-9(11)6-10(8)12;1-4(6-3)5(2)7/h3-4,6H,1,5H2,2H3;1-3H3. The van der Waals surface area contributed by atoms with Crippen LogP contribution in [0.5, 0.6) is 0 Å². The fraction of sp³-hybridized carbons (Fsp3) is 0.333. The molecule has 1 rings (SSSR count). The fourth-order valence-corrected chi connectivity index (χ4v) is 1.15. The van der Waals surface area contributed by atoms with E-state index in [1.807, 2.05) is 6.92 Å². The summed E-state index contributed by atoms with van der Waals surface area (Å²) in [5, 5.41) is 0. The Morgan fingerprint density at radius 3 is 2.16 bits per heavy atom. The maximum absolute atomic E-state index is 12.9. The molecule has 0 spiro atoms. The van der Waals surface area contributed by atoms with Gasteiger partial charge in [0.1, 0.15) is 11.6 Å². The highest BCUT2D eigenvalue weighted by Gasteiger charge is 2.02. The van der Waals surface area contributed by atoms with Gasteiger partial charge in [-0.25, -0.2) is 8.78 Å². The largest absolute Gasteiger partial charge is 0.293 e. The van der Waals surface area contributed by atoms with Crippen LogP contribution in [0.1, 0.15) is 26.3 Å². The minimum atomic E-state index is -0.544. The predicted molar refractivity (Wildman–Crippen MR) is 74.6 cm³/mol. The van der Waals surface area contributed by atoms with Crippen molar-refractivity contribution in [2.45, 2.75) is 27.2 Å². The highest BCUT2D eigenvalue weighted by molar-refractivity contribution is 6.37. The number of Topliss-reactive ketones (excluding diaryl/α,β-unsaturated/α-hetero) is 1. The Kier molecular flexibility index (Phi) is 7.49. The second-order valence-electron chi connectivity index (χ2n) is 4.23. The van der Waals surface area contributed by atoms with Crippen LogP contribution in [0.4, 0.5) is 8.78 Å². The summed E-state index contributed by atoms with van der Waals surface area (Å²) in [6.07, 6.45) is 0.464. The van der Waals surface area contributed by atoms with Crippen molar-refractivity contribution >= 4 is 11.5 Å². The van der Waals surface area contributed by atoms with Crippen LogP contribution >= 0.6 is 0 Å². The van der Waals surface area contributed by atoms with E-state index in [0.717, 1.165) is 11.6 Å². The zero-order valence-electron chi connectivity index (χ0n) is 11.8. The van der Waals surface area contributed by atoms with Crippen LogP contribution in [0.15, 0.2) is 35.3 Å². The van der Waals surface area contributed by atoms with E-state index in [1.165, 1.54) is 19.1 Å². The number of nitrogens with zero attached hydrogens (tertiary/aromatic N) is 1. The molecule has 0 saturated carbocycles. The Bertz CT molecular complexity index is 493. The molecule has 0 amide bonds. The van der Waals surface area contributed by atoms with Crippen LogP contribution in [0, 0.1) is 11.6 Å². The van der Waals surface area contributed by atoms with E-state index in [2.05, 4.69) is 11.6 Å². The molecule has 0 saturated heterocycles. The maximum Gasteiger partial charge on any atom is 0.173 e. The van der Waals surface area contributed by atoms with Gasteiger partial charge in [-0.3, -0.25) is 9.79 Å². The minimum absolute atomic E-state index is 0.0440. The second kappa shape index (κ2) is 8.29. The van der Waals surface area contributed by atoms with Gasteiger partial charge < -0.3 is 0 Å². The zero-order valence-corrected chi connectivity index (χ0v) is 11.8. The van der Waals surface area contributed by atoms with Crippen molar-refractivity contribution in [3.05, 3.63) is 47.5 Å². The highest BCUT2D eigenvalue weighted by Crippen LogP contribution is 2.12. The number of carbonyl (C=O) groups excluding carboxylic acids is 1. The van der Waals surface area contributed by atoms with Crippen molar-refractivity contribution in [2.24, 2.45) is 4.99 Å². The average Bonchev–Trinajstić information content (AvgIpc) is 2.32.